The fraction of sp³-hybridized carbons (Fsp3) is 0.500. The molecule has 2 unspecified atom stereocenters. The van der Waals surface area contributed by atoms with Crippen molar-refractivity contribution in [3.05, 3.63) is 29.6 Å². The van der Waals surface area contributed by atoms with Crippen LogP contribution in [0.2, 0.25) is 0 Å². The van der Waals surface area contributed by atoms with Gasteiger partial charge in [-0.3, -0.25) is 0 Å². The van der Waals surface area contributed by atoms with E-state index in [4.69, 9.17) is 5.73 Å². The molecule has 0 aromatic heterocycles. The molecule has 0 radical (unpaired) electrons. The van der Waals surface area contributed by atoms with E-state index in [1.807, 2.05) is 6.07 Å². The molecular weight excluding hydrogens is 191 g/mol. The fourth-order valence-corrected chi connectivity index (χ4v) is 2.29. The van der Waals surface area contributed by atoms with Crippen LogP contribution in [0.5, 0.6) is 0 Å². The second-order valence-corrected chi connectivity index (χ2v) is 4.36. The minimum Gasteiger partial charge on any atom is -0.399 e. The van der Waals surface area contributed by atoms with Crippen LogP contribution >= 0.6 is 0 Å². The van der Waals surface area contributed by atoms with Gasteiger partial charge in [-0.2, -0.15) is 0 Å². The molecule has 0 amide bonds. The van der Waals surface area contributed by atoms with Gasteiger partial charge in [-0.05, 0) is 49.9 Å². The highest BCUT2D eigenvalue weighted by Crippen LogP contribution is 2.30. The summed E-state index contributed by atoms with van der Waals surface area (Å²) in [6.07, 6.45) is 2.01. The Balaban J connectivity index is 2.21. The molecule has 1 aromatic rings. The van der Waals surface area contributed by atoms with E-state index in [0.717, 1.165) is 24.9 Å². The molecular formula is C12H17FN2. The van der Waals surface area contributed by atoms with Gasteiger partial charge in [0.25, 0.3) is 0 Å². The summed E-state index contributed by atoms with van der Waals surface area (Å²) in [5, 5.41) is 3.37. The second kappa shape index (κ2) is 4.19. The first kappa shape index (κ1) is 10.4. The summed E-state index contributed by atoms with van der Waals surface area (Å²) in [5.41, 5.74) is 6.85. The van der Waals surface area contributed by atoms with Gasteiger partial charge in [-0.25, -0.2) is 4.39 Å². The highest BCUT2D eigenvalue weighted by Gasteiger charge is 2.22. The molecule has 0 spiro atoms. The zero-order valence-corrected chi connectivity index (χ0v) is 8.96. The van der Waals surface area contributed by atoms with Gasteiger partial charge < -0.3 is 11.1 Å². The van der Waals surface area contributed by atoms with Crippen LogP contribution < -0.4 is 11.1 Å². The summed E-state index contributed by atoms with van der Waals surface area (Å²) >= 11 is 0. The van der Waals surface area contributed by atoms with Crippen LogP contribution in [0.15, 0.2) is 18.2 Å². The number of hydrogen-bond donors (Lipinski definition) is 2. The number of piperidine rings is 1. The van der Waals surface area contributed by atoms with Gasteiger partial charge in [-0.15, -0.1) is 0 Å². The number of halogens is 1. The molecule has 2 rings (SSSR count). The van der Waals surface area contributed by atoms with E-state index in [2.05, 4.69) is 12.2 Å². The van der Waals surface area contributed by atoms with Gasteiger partial charge in [0.2, 0.25) is 0 Å². The van der Waals surface area contributed by atoms with E-state index in [9.17, 15) is 4.39 Å². The fourth-order valence-electron chi connectivity index (χ4n) is 2.29. The molecule has 1 aromatic carbocycles. The van der Waals surface area contributed by atoms with Crippen molar-refractivity contribution in [3.8, 4) is 0 Å². The summed E-state index contributed by atoms with van der Waals surface area (Å²) in [7, 11) is 0. The Bertz CT molecular complexity index is 351. The molecule has 1 aliphatic rings. The third kappa shape index (κ3) is 2.29. The average molecular weight is 208 g/mol. The zero-order chi connectivity index (χ0) is 10.8. The quantitative estimate of drug-likeness (QED) is 0.695. The van der Waals surface area contributed by atoms with Gasteiger partial charge >= 0.3 is 0 Å². The molecule has 2 nitrogen and oxygen atoms in total. The number of hydrogen-bond acceptors (Lipinski definition) is 2. The monoisotopic (exact) mass is 208 g/mol. The smallest absolute Gasteiger partial charge is 0.128 e. The van der Waals surface area contributed by atoms with Crippen molar-refractivity contribution in [1.29, 1.82) is 0 Å². The first-order chi connectivity index (χ1) is 7.16. The second-order valence-electron chi connectivity index (χ2n) is 4.36. The molecule has 2 atom stereocenters. The lowest BCUT2D eigenvalue weighted by molar-refractivity contribution is 0.374. The Morgan fingerprint density at radius 1 is 1.47 bits per heavy atom. The highest BCUT2D eigenvalue weighted by molar-refractivity contribution is 5.41. The molecule has 0 aliphatic carbocycles. The van der Waals surface area contributed by atoms with Gasteiger partial charge in [-0.1, -0.05) is 6.07 Å². The van der Waals surface area contributed by atoms with Gasteiger partial charge in [0, 0.05) is 11.7 Å². The van der Waals surface area contributed by atoms with E-state index >= 15 is 0 Å². The predicted molar refractivity (Wildman–Crippen MR) is 60.3 cm³/mol. The van der Waals surface area contributed by atoms with Crippen LogP contribution in [-0.4, -0.2) is 12.6 Å². The lowest BCUT2D eigenvalue weighted by Crippen LogP contribution is -2.35. The number of nitrogen functional groups attached to an aromatic ring is 1. The van der Waals surface area contributed by atoms with Crippen molar-refractivity contribution >= 4 is 5.69 Å². The van der Waals surface area contributed by atoms with Crippen molar-refractivity contribution in [1.82, 2.24) is 5.32 Å². The maximum atomic E-state index is 13.7. The van der Waals surface area contributed by atoms with Crippen LogP contribution in [0.25, 0.3) is 0 Å². The topological polar surface area (TPSA) is 38.0 Å². The molecule has 1 fully saturated rings. The molecule has 3 heteroatoms. The summed E-state index contributed by atoms with van der Waals surface area (Å²) < 4.78 is 13.7. The van der Waals surface area contributed by atoms with E-state index in [-0.39, 0.29) is 5.82 Å². The minimum atomic E-state index is -0.158. The first-order valence-electron chi connectivity index (χ1n) is 5.45. The highest BCUT2D eigenvalue weighted by atomic mass is 19.1. The Morgan fingerprint density at radius 2 is 2.27 bits per heavy atom. The van der Waals surface area contributed by atoms with Crippen LogP contribution in [0.1, 0.15) is 31.2 Å². The first-order valence-corrected chi connectivity index (χ1v) is 5.45. The van der Waals surface area contributed by atoms with Gasteiger partial charge in [0.1, 0.15) is 5.82 Å². The third-order valence-electron chi connectivity index (χ3n) is 3.09. The maximum absolute atomic E-state index is 13.7. The summed E-state index contributed by atoms with van der Waals surface area (Å²) in [4.78, 5) is 0. The standard InChI is InChI=1S/C12H17FN2/c1-8-6-9(4-5-15-8)11-3-2-10(14)7-12(11)13/h2-3,7-9,15H,4-6,14H2,1H3. The lowest BCUT2D eigenvalue weighted by atomic mass is 9.86. The SMILES string of the molecule is CC1CC(c2ccc(N)cc2F)CCN1. The number of anilines is 1. The number of benzene rings is 1. The van der Waals surface area contributed by atoms with Crippen molar-refractivity contribution in [2.24, 2.45) is 0 Å². The Morgan fingerprint density at radius 3 is 2.93 bits per heavy atom. The van der Waals surface area contributed by atoms with E-state index in [1.54, 1.807) is 6.07 Å². The lowest BCUT2D eigenvalue weighted by Gasteiger charge is -2.28. The Hall–Kier alpha value is -1.09. The Kier molecular flexibility index (Phi) is 2.91. The third-order valence-corrected chi connectivity index (χ3v) is 3.09. The van der Waals surface area contributed by atoms with Crippen molar-refractivity contribution in [3.63, 3.8) is 0 Å². The zero-order valence-electron chi connectivity index (χ0n) is 8.96. The molecule has 0 saturated carbocycles. The van der Waals surface area contributed by atoms with E-state index in [1.165, 1.54) is 6.07 Å². The largest absolute Gasteiger partial charge is 0.399 e. The molecule has 15 heavy (non-hydrogen) atoms. The summed E-state index contributed by atoms with van der Waals surface area (Å²) in [6, 6.07) is 5.50. The van der Waals surface area contributed by atoms with Gasteiger partial charge in [0.05, 0.1) is 0 Å². The summed E-state index contributed by atoms with van der Waals surface area (Å²) in [5.74, 6) is 0.177. The number of nitrogens with two attached hydrogens (primary N) is 1. The summed E-state index contributed by atoms with van der Waals surface area (Å²) in [6.45, 7) is 3.11. The van der Waals surface area contributed by atoms with Crippen LogP contribution in [-0.2, 0) is 0 Å². The minimum absolute atomic E-state index is 0.158. The molecule has 1 aliphatic heterocycles. The van der Waals surface area contributed by atoms with E-state index in [0.29, 0.717) is 17.6 Å². The van der Waals surface area contributed by atoms with Crippen LogP contribution in [0, 0.1) is 5.82 Å². The molecule has 1 heterocycles. The van der Waals surface area contributed by atoms with Gasteiger partial charge in [0.15, 0.2) is 0 Å². The van der Waals surface area contributed by atoms with Crippen molar-refractivity contribution < 1.29 is 4.39 Å². The number of nitrogens with one attached hydrogen (secondary N) is 1. The van der Waals surface area contributed by atoms with Crippen molar-refractivity contribution in [2.45, 2.75) is 31.7 Å². The van der Waals surface area contributed by atoms with E-state index < -0.39 is 0 Å². The molecule has 82 valence electrons. The molecule has 0 bridgehead atoms. The van der Waals surface area contributed by atoms with Crippen molar-refractivity contribution in [2.75, 3.05) is 12.3 Å². The van der Waals surface area contributed by atoms with Crippen LogP contribution in [0.4, 0.5) is 10.1 Å². The Labute approximate surface area is 89.7 Å². The van der Waals surface area contributed by atoms with Crippen LogP contribution in [0.3, 0.4) is 0 Å². The number of rotatable bonds is 1. The molecule has 1 saturated heterocycles. The average Bonchev–Trinajstić information content (AvgIpc) is 2.17. The molecule has 3 N–H and O–H groups in total. The predicted octanol–water partition coefficient (Wildman–Crippen LogP) is 2.26. The normalized spacial score (nSPS) is 26.5. The maximum Gasteiger partial charge on any atom is 0.128 e.